The van der Waals surface area contributed by atoms with Crippen molar-refractivity contribution in [3.63, 3.8) is 0 Å². The summed E-state index contributed by atoms with van der Waals surface area (Å²) in [5.74, 6) is -7.98. The predicted molar refractivity (Wildman–Crippen MR) is 112 cm³/mol. The Hall–Kier alpha value is -3.66. The summed E-state index contributed by atoms with van der Waals surface area (Å²) in [5.41, 5.74) is 16.8. The second-order valence-electron chi connectivity index (χ2n) is 6.84. The number of alkyl halides is 2. The number of carbonyl (C=O) groups is 3. The molecule has 7 N–H and O–H groups in total. The van der Waals surface area contributed by atoms with E-state index in [1.54, 1.807) is 30.3 Å². The van der Waals surface area contributed by atoms with E-state index in [9.17, 15) is 23.2 Å². The highest BCUT2D eigenvalue weighted by Crippen LogP contribution is 2.26. The zero-order valence-electron chi connectivity index (χ0n) is 16.7. The minimum atomic E-state index is -4.20. The average Bonchev–Trinajstić information content (AvgIpc) is 2.73. The van der Waals surface area contributed by atoms with Gasteiger partial charge in [-0.05, 0) is 30.7 Å². The normalized spacial score (nSPS) is 13.0. The maximum atomic E-state index is 14.7. The average molecular weight is 431 g/mol. The molecule has 0 aliphatic heterocycles. The second kappa shape index (κ2) is 9.90. The Labute approximate surface area is 177 Å². The molecular weight excluding hydrogens is 408 g/mol. The Morgan fingerprint density at radius 3 is 2.19 bits per heavy atom. The van der Waals surface area contributed by atoms with E-state index in [2.05, 4.69) is 10.3 Å². The van der Waals surface area contributed by atoms with Crippen LogP contribution in [0.15, 0.2) is 59.6 Å². The Balaban J connectivity index is 2.43. The SMILES string of the molecule is CC(=O)C(N)C(F)(F)C(=O)C(Cc1ccccc1N=C(N)N)NC(=O)c1ccccc1. The predicted octanol–water partition coefficient (Wildman–Crippen LogP) is 1.05. The molecule has 0 aliphatic rings. The van der Waals surface area contributed by atoms with E-state index in [0.717, 1.165) is 6.92 Å². The molecule has 0 aromatic heterocycles. The van der Waals surface area contributed by atoms with Crippen LogP contribution in [-0.4, -0.2) is 41.4 Å². The number of Topliss-reactive ketones (excluding diaryl/α,β-unsaturated/α-hetero) is 2. The first-order valence-electron chi connectivity index (χ1n) is 9.25. The number of amides is 1. The molecular formula is C21H23F2N5O3. The van der Waals surface area contributed by atoms with Gasteiger partial charge < -0.3 is 22.5 Å². The van der Waals surface area contributed by atoms with Crippen LogP contribution in [0.3, 0.4) is 0 Å². The molecule has 0 heterocycles. The summed E-state index contributed by atoms with van der Waals surface area (Å²) >= 11 is 0. The summed E-state index contributed by atoms with van der Waals surface area (Å²) in [5, 5.41) is 2.32. The van der Waals surface area contributed by atoms with Crippen molar-refractivity contribution in [1.29, 1.82) is 0 Å². The molecule has 0 fully saturated rings. The fourth-order valence-electron chi connectivity index (χ4n) is 2.83. The number of hydrogen-bond donors (Lipinski definition) is 4. The van der Waals surface area contributed by atoms with E-state index in [4.69, 9.17) is 17.2 Å². The molecule has 2 atom stereocenters. The van der Waals surface area contributed by atoms with Crippen molar-refractivity contribution in [3.8, 4) is 0 Å². The van der Waals surface area contributed by atoms with Gasteiger partial charge >= 0.3 is 5.92 Å². The minimum Gasteiger partial charge on any atom is -0.370 e. The van der Waals surface area contributed by atoms with Gasteiger partial charge in [0.2, 0.25) is 5.78 Å². The van der Waals surface area contributed by atoms with E-state index in [0.29, 0.717) is 5.56 Å². The quantitative estimate of drug-likeness (QED) is 0.344. The van der Waals surface area contributed by atoms with Gasteiger partial charge in [0.1, 0.15) is 6.04 Å². The summed E-state index contributed by atoms with van der Waals surface area (Å²) in [6.07, 6.45) is -0.357. The molecule has 0 radical (unpaired) electrons. The van der Waals surface area contributed by atoms with Crippen LogP contribution in [0.25, 0.3) is 0 Å². The number of ketones is 2. The van der Waals surface area contributed by atoms with Gasteiger partial charge in [-0.3, -0.25) is 14.4 Å². The standard InChI is InChI=1S/C21H23F2N5O3/c1-12(29)17(24)21(22,23)18(30)16(27-19(31)13-7-3-2-4-8-13)11-14-9-5-6-10-15(14)28-20(25)26/h2-10,16-17H,11,24H2,1H3,(H,27,31)(H4,25,26,28). The number of aliphatic imine (C=N–C) groups is 1. The first-order valence-corrected chi connectivity index (χ1v) is 9.25. The smallest absolute Gasteiger partial charge is 0.329 e. The van der Waals surface area contributed by atoms with Crippen LogP contribution in [0.4, 0.5) is 14.5 Å². The highest BCUT2D eigenvalue weighted by molar-refractivity contribution is 6.02. The van der Waals surface area contributed by atoms with Crippen LogP contribution in [0.5, 0.6) is 0 Å². The molecule has 2 rings (SSSR count). The van der Waals surface area contributed by atoms with E-state index in [1.165, 1.54) is 24.3 Å². The van der Waals surface area contributed by atoms with Crippen LogP contribution >= 0.6 is 0 Å². The lowest BCUT2D eigenvalue weighted by atomic mass is 9.93. The van der Waals surface area contributed by atoms with E-state index < -0.39 is 35.5 Å². The van der Waals surface area contributed by atoms with Gasteiger partial charge in [0.25, 0.3) is 5.91 Å². The lowest BCUT2D eigenvalue weighted by Gasteiger charge is -2.26. The number of nitrogens with one attached hydrogen (secondary N) is 1. The fourth-order valence-corrected chi connectivity index (χ4v) is 2.83. The molecule has 2 aromatic rings. The summed E-state index contributed by atoms with van der Waals surface area (Å²) in [6.45, 7) is 0.859. The van der Waals surface area contributed by atoms with Crippen molar-refractivity contribution in [1.82, 2.24) is 5.32 Å². The molecule has 0 aliphatic carbocycles. The minimum absolute atomic E-state index is 0.164. The number of hydrogen-bond acceptors (Lipinski definition) is 5. The van der Waals surface area contributed by atoms with Crippen LogP contribution in [0.2, 0.25) is 0 Å². The lowest BCUT2D eigenvalue weighted by Crippen LogP contribution is -2.58. The maximum Gasteiger partial charge on any atom is 0.329 e. The van der Waals surface area contributed by atoms with E-state index in [-0.39, 0.29) is 23.6 Å². The zero-order chi connectivity index (χ0) is 23.2. The number of benzene rings is 2. The highest BCUT2D eigenvalue weighted by atomic mass is 19.3. The van der Waals surface area contributed by atoms with Crippen molar-refractivity contribution in [2.75, 3.05) is 0 Å². The van der Waals surface area contributed by atoms with Crippen molar-refractivity contribution in [3.05, 3.63) is 65.7 Å². The lowest BCUT2D eigenvalue weighted by molar-refractivity contribution is -0.152. The number of rotatable bonds is 9. The van der Waals surface area contributed by atoms with Crippen molar-refractivity contribution in [2.45, 2.75) is 31.4 Å². The molecule has 31 heavy (non-hydrogen) atoms. The fraction of sp³-hybridized carbons (Fsp3) is 0.238. The maximum absolute atomic E-state index is 14.7. The largest absolute Gasteiger partial charge is 0.370 e. The molecule has 0 saturated heterocycles. The highest BCUT2D eigenvalue weighted by Gasteiger charge is 2.50. The Kier molecular flexibility index (Phi) is 7.54. The van der Waals surface area contributed by atoms with Crippen LogP contribution < -0.4 is 22.5 Å². The van der Waals surface area contributed by atoms with Gasteiger partial charge in [0, 0.05) is 12.0 Å². The molecule has 0 spiro atoms. The Morgan fingerprint density at radius 1 is 1.03 bits per heavy atom. The molecule has 2 unspecified atom stereocenters. The topological polar surface area (TPSA) is 154 Å². The molecule has 0 saturated carbocycles. The number of para-hydroxylation sites is 1. The van der Waals surface area contributed by atoms with Crippen molar-refractivity contribution < 1.29 is 23.2 Å². The third-order valence-corrected chi connectivity index (χ3v) is 4.48. The summed E-state index contributed by atoms with van der Waals surface area (Å²) in [4.78, 5) is 40.6. The second-order valence-corrected chi connectivity index (χ2v) is 6.84. The van der Waals surface area contributed by atoms with Crippen LogP contribution in [-0.2, 0) is 16.0 Å². The number of nitrogens with two attached hydrogens (primary N) is 3. The van der Waals surface area contributed by atoms with Gasteiger partial charge in [0.15, 0.2) is 11.7 Å². The van der Waals surface area contributed by atoms with Crippen molar-refractivity contribution >= 4 is 29.1 Å². The molecule has 2 aromatic carbocycles. The van der Waals surface area contributed by atoms with Gasteiger partial charge in [0.05, 0.1) is 11.7 Å². The zero-order valence-corrected chi connectivity index (χ0v) is 16.7. The molecule has 1 amide bonds. The summed E-state index contributed by atoms with van der Waals surface area (Å²) in [7, 11) is 0. The number of nitrogens with zero attached hydrogens (tertiary/aromatic N) is 1. The first-order chi connectivity index (χ1) is 14.5. The third-order valence-electron chi connectivity index (χ3n) is 4.48. The molecule has 10 heteroatoms. The molecule has 8 nitrogen and oxygen atoms in total. The molecule has 164 valence electrons. The van der Waals surface area contributed by atoms with Gasteiger partial charge in [-0.25, -0.2) is 4.99 Å². The number of guanidine groups is 1. The summed E-state index contributed by atoms with van der Waals surface area (Å²) < 4.78 is 29.3. The van der Waals surface area contributed by atoms with Crippen LogP contribution in [0.1, 0.15) is 22.8 Å². The van der Waals surface area contributed by atoms with E-state index >= 15 is 0 Å². The number of carbonyl (C=O) groups excluding carboxylic acids is 3. The number of halogens is 2. The monoisotopic (exact) mass is 431 g/mol. The third kappa shape index (κ3) is 5.92. The van der Waals surface area contributed by atoms with E-state index in [1.807, 2.05) is 0 Å². The van der Waals surface area contributed by atoms with Gasteiger partial charge in [-0.15, -0.1) is 0 Å². The van der Waals surface area contributed by atoms with Gasteiger partial charge in [-0.2, -0.15) is 8.78 Å². The van der Waals surface area contributed by atoms with Crippen molar-refractivity contribution in [2.24, 2.45) is 22.2 Å². The van der Waals surface area contributed by atoms with Gasteiger partial charge in [-0.1, -0.05) is 36.4 Å². The summed E-state index contributed by atoms with van der Waals surface area (Å²) in [6, 6.07) is 9.98. The van der Waals surface area contributed by atoms with Crippen LogP contribution in [0, 0.1) is 0 Å². The first kappa shape index (κ1) is 23.6. The molecule has 0 bridgehead atoms. The Bertz CT molecular complexity index is 992. The Morgan fingerprint density at radius 2 is 1.61 bits per heavy atom.